The van der Waals surface area contributed by atoms with E-state index in [1.54, 1.807) is 13.8 Å². The average molecular weight is 347 g/mol. The molecule has 0 spiro atoms. The molecule has 7 nitrogen and oxygen atoms in total. The average Bonchev–Trinajstić information content (AvgIpc) is 2.83. The monoisotopic (exact) mass is 347 g/mol. The normalized spacial score (nSPS) is 21.6. The van der Waals surface area contributed by atoms with Crippen molar-refractivity contribution in [3.8, 4) is 0 Å². The van der Waals surface area contributed by atoms with E-state index in [1.165, 1.54) is 6.42 Å². The highest BCUT2D eigenvalue weighted by molar-refractivity contribution is 6.03. The first-order chi connectivity index (χ1) is 11.9. The molecular formula is C18H25N3O4. The van der Waals surface area contributed by atoms with E-state index >= 15 is 0 Å². The van der Waals surface area contributed by atoms with Crippen LogP contribution in [0.4, 0.5) is 0 Å². The van der Waals surface area contributed by atoms with Crippen LogP contribution in [-0.2, 0) is 11.3 Å². The fourth-order valence-corrected chi connectivity index (χ4v) is 3.82. The minimum Gasteiger partial charge on any atom is -0.462 e. The zero-order valence-electron chi connectivity index (χ0n) is 15.2. The highest BCUT2D eigenvalue weighted by Gasteiger charge is 2.25. The van der Waals surface area contributed by atoms with Crippen LogP contribution in [-0.4, -0.2) is 40.5 Å². The van der Waals surface area contributed by atoms with Gasteiger partial charge in [-0.05, 0) is 32.1 Å². The third-order valence-electron chi connectivity index (χ3n) is 4.58. The first-order valence-corrected chi connectivity index (χ1v) is 8.80. The maximum atomic E-state index is 12.5. The van der Waals surface area contributed by atoms with Crippen LogP contribution in [0.15, 0.2) is 9.21 Å². The van der Waals surface area contributed by atoms with Crippen molar-refractivity contribution in [3.05, 3.63) is 27.5 Å². The van der Waals surface area contributed by atoms with Gasteiger partial charge in [0.1, 0.15) is 22.5 Å². The number of carbonyl (C=O) groups is 1. The Morgan fingerprint density at radius 2 is 2.04 bits per heavy atom. The molecule has 0 aliphatic carbocycles. The number of aromatic nitrogens is 2. The third-order valence-corrected chi connectivity index (χ3v) is 4.58. The number of aromatic amines is 1. The Morgan fingerprint density at radius 1 is 1.36 bits per heavy atom. The summed E-state index contributed by atoms with van der Waals surface area (Å²) in [4.78, 5) is 34.2. The molecule has 3 rings (SSSR count). The van der Waals surface area contributed by atoms with Crippen LogP contribution in [0.2, 0.25) is 0 Å². The van der Waals surface area contributed by atoms with Crippen LogP contribution >= 0.6 is 0 Å². The number of nitrogens with zero attached hydrogens (tertiary/aromatic N) is 2. The van der Waals surface area contributed by atoms with Gasteiger partial charge in [0.2, 0.25) is 5.71 Å². The summed E-state index contributed by atoms with van der Waals surface area (Å²) in [5, 5.41) is 0.167. The fourth-order valence-electron chi connectivity index (χ4n) is 3.82. The van der Waals surface area contributed by atoms with Gasteiger partial charge >= 0.3 is 5.97 Å². The first-order valence-electron chi connectivity index (χ1n) is 8.80. The number of likely N-dealkylation sites (tertiary alicyclic amines) is 1. The second-order valence-electron chi connectivity index (χ2n) is 7.09. The summed E-state index contributed by atoms with van der Waals surface area (Å²) in [6.07, 6.45) is 1.22. The van der Waals surface area contributed by atoms with E-state index < -0.39 is 5.97 Å². The molecule has 136 valence electrons. The molecule has 1 saturated heterocycles. The standard InChI is InChI=1S/C18H25N3O4/c1-5-24-18(23)14-12(4)25-17-15(14)16(22)19-13(20-17)9-21-7-10(2)6-11(3)8-21/h10-11H,5-9H2,1-4H3,(H,19,20,22). The molecule has 1 aliphatic heterocycles. The van der Waals surface area contributed by atoms with Crippen LogP contribution in [0.3, 0.4) is 0 Å². The Morgan fingerprint density at radius 3 is 2.68 bits per heavy atom. The van der Waals surface area contributed by atoms with Crippen molar-refractivity contribution in [1.82, 2.24) is 14.9 Å². The zero-order valence-corrected chi connectivity index (χ0v) is 15.2. The number of carbonyl (C=O) groups excluding carboxylic acids is 1. The van der Waals surface area contributed by atoms with Crippen molar-refractivity contribution >= 4 is 17.1 Å². The molecule has 2 aromatic rings. The van der Waals surface area contributed by atoms with Crippen molar-refractivity contribution in [3.63, 3.8) is 0 Å². The van der Waals surface area contributed by atoms with Crippen LogP contribution in [0.25, 0.3) is 11.1 Å². The molecule has 2 unspecified atom stereocenters. The molecule has 0 amide bonds. The highest BCUT2D eigenvalue weighted by atomic mass is 16.5. The SMILES string of the molecule is CCOC(=O)c1c(C)oc2nc(CN3CC(C)CC(C)C3)[nH]c(=O)c12. The number of nitrogens with one attached hydrogen (secondary N) is 1. The van der Waals surface area contributed by atoms with E-state index in [0.29, 0.717) is 30.0 Å². The minimum absolute atomic E-state index is 0.164. The van der Waals surface area contributed by atoms with E-state index in [2.05, 4.69) is 28.7 Å². The second kappa shape index (κ2) is 7.00. The number of fused-ring (bicyclic) bond motifs is 1. The fraction of sp³-hybridized carbons (Fsp3) is 0.611. The predicted molar refractivity (Wildman–Crippen MR) is 93.5 cm³/mol. The summed E-state index contributed by atoms with van der Waals surface area (Å²) in [5.41, 5.74) is -0.00668. The van der Waals surface area contributed by atoms with Crippen LogP contribution in [0, 0.1) is 18.8 Å². The Labute approximate surface area is 146 Å². The van der Waals surface area contributed by atoms with Crippen LogP contribution < -0.4 is 5.56 Å². The number of H-pyrrole nitrogens is 1. The highest BCUT2D eigenvalue weighted by Crippen LogP contribution is 2.24. The quantitative estimate of drug-likeness (QED) is 0.855. The second-order valence-corrected chi connectivity index (χ2v) is 7.09. The Balaban J connectivity index is 1.92. The summed E-state index contributed by atoms with van der Waals surface area (Å²) in [6, 6.07) is 0. The number of esters is 1. The van der Waals surface area contributed by atoms with E-state index in [0.717, 1.165) is 13.1 Å². The van der Waals surface area contributed by atoms with E-state index in [9.17, 15) is 9.59 Å². The molecule has 2 atom stereocenters. The first kappa shape index (κ1) is 17.7. The molecule has 0 aromatic carbocycles. The largest absolute Gasteiger partial charge is 0.462 e. The third kappa shape index (κ3) is 3.61. The summed E-state index contributed by atoms with van der Waals surface area (Å²) in [7, 11) is 0. The molecule has 1 fully saturated rings. The van der Waals surface area contributed by atoms with Crippen molar-refractivity contribution < 1.29 is 13.9 Å². The molecule has 25 heavy (non-hydrogen) atoms. The molecular weight excluding hydrogens is 322 g/mol. The van der Waals surface area contributed by atoms with Gasteiger partial charge in [-0.15, -0.1) is 0 Å². The Hall–Kier alpha value is -2.15. The van der Waals surface area contributed by atoms with Gasteiger partial charge in [-0.3, -0.25) is 9.69 Å². The zero-order chi connectivity index (χ0) is 18.1. The van der Waals surface area contributed by atoms with Gasteiger partial charge in [-0.1, -0.05) is 13.8 Å². The number of aryl methyl sites for hydroxylation is 1. The number of piperidine rings is 1. The lowest BCUT2D eigenvalue weighted by atomic mass is 9.92. The van der Waals surface area contributed by atoms with Gasteiger partial charge in [-0.25, -0.2) is 4.79 Å². The van der Waals surface area contributed by atoms with Gasteiger partial charge in [-0.2, -0.15) is 4.98 Å². The summed E-state index contributed by atoms with van der Waals surface area (Å²) in [5.74, 6) is 1.60. The van der Waals surface area contributed by atoms with Crippen molar-refractivity contribution in [2.45, 2.75) is 40.7 Å². The van der Waals surface area contributed by atoms with E-state index in [-0.39, 0.29) is 28.8 Å². The number of hydrogen-bond acceptors (Lipinski definition) is 6. The van der Waals surface area contributed by atoms with Crippen molar-refractivity contribution in [1.29, 1.82) is 0 Å². The van der Waals surface area contributed by atoms with E-state index in [4.69, 9.17) is 9.15 Å². The molecule has 3 heterocycles. The number of rotatable bonds is 4. The molecule has 7 heteroatoms. The number of hydrogen-bond donors (Lipinski definition) is 1. The maximum absolute atomic E-state index is 12.5. The smallest absolute Gasteiger partial charge is 0.342 e. The lowest BCUT2D eigenvalue weighted by Crippen LogP contribution is -2.38. The molecule has 0 bridgehead atoms. The molecule has 1 aliphatic rings. The predicted octanol–water partition coefficient (Wildman–Crippen LogP) is 2.48. The number of ether oxygens (including phenoxy) is 1. The van der Waals surface area contributed by atoms with Crippen molar-refractivity contribution in [2.24, 2.45) is 11.8 Å². The van der Waals surface area contributed by atoms with Gasteiger partial charge in [0.05, 0.1) is 13.2 Å². The van der Waals surface area contributed by atoms with Gasteiger partial charge in [0, 0.05) is 13.1 Å². The number of furan rings is 1. The molecule has 0 radical (unpaired) electrons. The summed E-state index contributed by atoms with van der Waals surface area (Å²) in [6.45, 7) is 10.6. The lowest BCUT2D eigenvalue weighted by Gasteiger charge is -2.34. The minimum atomic E-state index is -0.558. The van der Waals surface area contributed by atoms with E-state index in [1.807, 2.05) is 0 Å². The Bertz CT molecular complexity index is 829. The summed E-state index contributed by atoms with van der Waals surface area (Å²) >= 11 is 0. The van der Waals surface area contributed by atoms with Gasteiger partial charge in [0.25, 0.3) is 5.56 Å². The Kier molecular flexibility index (Phi) is 4.94. The maximum Gasteiger partial charge on any atom is 0.342 e. The summed E-state index contributed by atoms with van der Waals surface area (Å²) < 4.78 is 10.6. The topological polar surface area (TPSA) is 88.4 Å². The lowest BCUT2D eigenvalue weighted by molar-refractivity contribution is 0.0526. The molecule has 2 aromatic heterocycles. The van der Waals surface area contributed by atoms with Crippen LogP contribution in [0.5, 0.6) is 0 Å². The van der Waals surface area contributed by atoms with Gasteiger partial charge in [0.15, 0.2) is 0 Å². The molecule has 1 N–H and O–H groups in total. The van der Waals surface area contributed by atoms with Gasteiger partial charge < -0.3 is 14.1 Å². The van der Waals surface area contributed by atoms with Crippen LogP contribution in [0.1, 0.15) is 49.1 Å². The molecule has 0 saturated carbocycles. The van der Waals surface area contributed by atoms with Crippen molar-refractivity contribution in [2.75, 3.05) is 19.7 Å².